The molecular formula is C60H48N3P. The molecule has 2 aliphatic carbocycles. The van der Waals surface area contributed by atoms with Gasteiger partial charge in [0.05, 0.1) is 22.7 Å². The van der Waals surface area contributed by atoms with Crippen LogP contribution in [0.15, 0.2) is 218 Å². The predicted octanol–water partition coefficient (Wildman–Crippen LogP) is 16.4. The molecule has 0 aromatic heterocycles. The van der Waals surface area contributed by atoms with Crippen LogP contribution >= 0.6 is 8.22 Å². The number of nitrogens with zero attached hydrogens (tertiary/aromatic N) is 3. The Morgan fingerprint density at radius 1 is 0.375 bits per heavy atom. The average molecular weight is 842 g/mol. The van der Waals surface area contributed by atoms with Crippen molar-refractivity contribution in [2.24, 2.45) is 0 Å². The summed E-state index contributed by atoms with van der Waals surface area (Å²) in [7, 11) is -0.989. The van der Waals surface area contributed by atoms with Gasteiger partial charge < -0.3 is 4.90 Å². The van der Waals surface area contributed by atoms with Crippen molar-refractivity contribution in [1.82, 2.24) is 0 Å². The molecule has 1 unspecified atom stereocenters. The van der Waals surface area contributed by atoms with E-state index in [0.29, 0.717) is 0 Å². The summed E-state index contributed by atoms with van der Waals surface area (Å²) in [5.41, 5.74) is 21.2. The average Bonchev–Trinajstić information content (AvgIpc) is 3.90. The molecule has 1 atom stereocenters. The first kappa shape index (κ1) is 38.5. The topological polar surface area (TPSA) is 9.72 Å². The van der Waals surface area contributed by atoms with Crippen LogP contribution in [0.2, 0.25) is 0 Å². The maximum Gasteiger partial charge on any atom is 0.138 e. The van der Waals surface area contributed by atoms with Crippen LogP contribution in [-0.2, 0) is 10.8 Å². The normalized spacial score (nSPS) is 15.8. The van der Waals surface area contributed by atoms with E-state index in [1.807, 2.05) is 0 Å². The Morgan fingerprint density at radius 3 is 1.34 bits per heavy atom. The van der Waals surface area contributed by atoms with Crippen LogP contribution in [0.3, 0.4) is 0 Å². The Bertz CT molecular complexity index is 3120. The summed E-state index contributed by atoms with van der Waals surface area (Å²) in [5, 5.41) is 1.30. The van der Waals surface area contributed by atoms with Gasteiger partial charge in [-0.3, -0.25) is 9.34 Å². The van der Waals surface area contributed by atoms with Crippen LogP contribution in [0.4, 0.5) is 39.8 Å². The minimum absolute atomic E-state index is 0.122. The van der Waals surface area contributed by atoms with Crippen molar-refractivity contribution >= 4 is 53.3 Å². The molecule has 9 aromatic carbocycles. The molecule has 0 N–H and O–H groups in total. The standard InChI is InChI=1S/C60H48N3P/c1-59(2)49-28-16-14-26-47(49)57-51(59)30-18-32-54(57)61(55-33-19-31-52-58(55)48-27-15-17-29-50(48)60(52,3)4)43-37-34-41(35-38-43)42-36-39-53-56(40-42)63(45-22-10-6-11-23-45)64(46-24-12-7-13-25-46)62(53)44-20-8-5-9-21-44/h5-40H,1-4H3. The lowest BCUT2D eigenvalue weighted by Crippen LogP contribution is -2.21. The smallest absolute Gasteiger partial charge is 0.138 e. The van der Waals surface area contributed by atoms with Gasteiger partial charge in [-0.25, -0.2) is 0 Å². The molecule has 0 bridgehead atoms. The number of rotatable bonds is 7. The first-order chi connectivity index (χ1) is 31.3. The van der Waals surface area contributed by atoms with E-state index in [9.17, 15) is 0 Å². The SMILES string of the molecule is CC1(C)c2ccccc2-c2c(N(c3ccc(-c4ccc5c(c4)N(c4ccccc4)P(c4ccccc4)N5c4ccccc4)cc3)c3cccc4c3-c3ccccc3C4(C)C)cccc21. The largest absolute Gasteiger partial charge is 0.309 e. The Hall–Kier alpha value is -7.19. The highest BCUT2D eigenvalue weighted by atomic mass is 31.1. The summed E-state index contributed by atoms with van der Waals surface area (Å²) in [6.45, 7) is 9.49. The lowest BCUT2D eigenvalue weighted by molar-refractivity contribution is 0.660. The highest BCUT2D eigenvalue weighted by Crippen LogP contribution is 2.65. The lowest BCUT2D eigenvalue weighted by Gasteiger charge is -2.32. The van der Waals surface area contributed by atoms with Crippen molar-refractivity contribution in [2.75, 3.05) is 14.2 Å². The minimum atomic E-state index is -0.989. The molecule has 3 aliphatic rings. The van der Waals surface area contributed by atoms with Crippen molar-refractivity contribution in [2.45, 2.75) is 38.5 Å². The fourth-order valence-electron chi connectivity index (χ4n) is 10.8. The van der Waals surface area contributed by atoms with Crippen molar-refractivity contribution in [3.8, 4) is 33.4 Å². The number of fused-ring (bicyclic) bond motifs is 7. The molecule has 4 heteroatoms. The molecule has 1 aliphatic heterocycles. The molecule has 0 saturated heterocycles. The van der Waals surface area contributed by atoms with E-state index >= 15 is 0 Å². The van der Waals surface area contributed by atoms with Crippen LogP contribution in [0.5, 0.6) is 0 Å². The van der Waals surface area contributed by atoms with Gasteiger partial charge in [0.15, 0.2) is 0 Å². The van der Waals surface area contributed by atoms with Crippen LogP contribution in [0.25, 0.3) is 33.4 Å². The van der Waals surface area contributed by atoms with Gasteiger partial charge >= 0.3 is 0 Å². The molecule has 12 rings (SSSR count). The van der Waals surface area contributed by atoms with Gasteiger partial charge in [0, 0.05) is 44.3 Å². The predicted molar refractivity (Wildman–Crippen MR) is 272 cm³/mol. The van der Waals surface area contributed by atoms with Gasteiger partial charge in [-0.2, -0.15) is 0 Å². The molecule has 0 fully saturated rings. The zero-order chi connectivity index (χ0) is 43.2. The van der Waals surface area contributed by atoms with Crippen molar-refractivity contribution in [3.63, 3.8) is 0 Å². The van der Waals surface area contributed by atoms with E-state index in [4.69, 9.17) is 0 Å². The van der Waals surface area contributed by atoms with E-state index in [2.05, 4.69) is 260 Å². The van der Waals surface area contributed by atoms with Crippen LogP contribution in [0.1, 0.15) is 49.9 Å². The van der Waals surface area contributed by atoms with Crippen LogP contribution < -0.4 is 19.5 Å². The Kier molecular flexibility index (Phi) is 8.84. The maximum absolute atomic E-state index is 2.57. The van der Waals surface area contributed by atoms with Gasteiger partial charge in [-0.15, -0.1) is 0 Å². The Balaban J connectivity index is 1.03. The summed E-state index contributed by atoms with van der Waals surface area (Å²) >= 11 is 0. The molecule has 0 radical (unpaired) electrons. The number of para-hydroxylation sites is 2. The molecular weight excluding hydrogens is 794 g/mol. The molecule has 0 spiro atoms. The fourth-order valence-corrected chi connectivity index (χ4v) is 13.3. The van der Waals surface area contributed by atoms with E-state index in [-0.39, 0.29) is 10.8 Å². The van der Waals surface area contributed by atoms with Crippen molar-refractivity contribution in [1.29, 1.82) is 0 Å². The maximum atomic E-state index is 2.57. The van der Waals surface area contributed by atoms with Gasteiger partial charge in [0.2, 0.25) is 0 Å². The van der Waals surface area contributed by atoms with Crippen molar-refractivity contribution in [3.05, 3.63) is 241 Å². The van der Waals surface area contributed by atoms with Gasteiger partial charge in [0.1, 0.15) is 8.22 Å². The molecule has 3 nitrogen and oxygen atoms in total. The third kappa shape index (κ3) is 5.77. The lowest BCUT2D eigenvalue weighted by atomic mass is 9.82. The minimum Gasteiger partial charge on any atom is -0.309 e. The summed E-state index contributed by atoms with van der Waals surface area (Å²) in [5.74, 6) is 0. The molecule has 0 saturated carbocycles. The van der Waals surface area contributed by atoms with E-state index in [1.54, 1.807) is 0 Å². The second-order valence-corrected chi connectivity index (χ2v) is 20.1. The third-order valence-corrected chi connectivity index (χ3v) is 16.3. The van der Waals surface area contributed by atoms with Gasteiger partial charge in [0.25, 0.3) is 0 Å². The fraction of sp³-hybridized carbons (Fsp3) is 0.100. The van der Waals surface area contributed by atoms with Crippen LogP contribution in [-0.4, -0.2) is 0 Å². The first-order valence-electron chi connectivity index (χ1n) is 22.4. The summed E-state index contributed by atoms with van der Waals surface area (Å²) in [6, 6.07) is 81.0. The highest BCUT2D eigenvalue weighted by molar-refractivity contribution is 7.70. The third-order valence-electron chi connectivity index (χ3n) is 13.9. The summed E-state index contributed by atoms with van der Waals surface area (Å²) in [6.07, 6.45) is 0. The number of hydrogen-bond donors (Lipinski definition) is 0. The second-order valence-electron chi connectivity index (χ2n) is 18.2. The van der Waals surface area contributed by atoms with E-state index in [1.165, 1.54) is 95.1 Å². The molecule has 64 heavy (non-hydrogen) atoms. The van der Waals surface area contributed by atoms with E-state index < -0.39 is 8.22 Å². The zero-order valence-electron chi connectivity index (χ0n) is 36.6. The van der Waals surface area contributed by atoms with E-state index in [0.717, 1.165) is 5.69 Å². The molecule has 308 valence electrons. The van der Waals surface area contributed by atoms with Crippen LogP contribution in [0, 0.1) is 0 Å². The van der Waals surface area contributed by atoms with Crippen molar-refractivity contribution < 1.29 is 0 Å². The monoisotopic (exact) mass is 841 g/mol. The zero-order valence-corrected chi connectivity index (χ0v) is 37.5. The summed E-state index contributed by atoms with van der Waals surface area (Å²) < 4.78 is 5.12. The molecule has 0 amide bonds. The summed E-state index contributed by atoms with van der Waals surface area (Å²) in [4.78, 5) is 2.54. The first-order valence-corrected chi connectivity index (χ1v) is 23.6. The highest BCUT2D eigenvalue weighted by Gasteiger charge is 2.42. The Morgan fingerprint density at radius 2 is 0.812 bits per heavy atom. The second kappa shape index (κ2) is 14.7. The number of hydrogen-bond acceptors (Lipinski definition) is 3. The molecule has 1 heterocycles. The van der Waals surface area contributed by atoms with Gasteiger partial charge in [-0.1, -0.05) is 185 Å². The van der Waals surface area contributed by atoms with Gasteiger partial charge in [-0.05, 0) is 105 Å². The quantitative estimate of drug-likeness (QED) is 0.148. The number of benzene rings is 9. The molecule has 9 aromatic rings. The Labute approximate surface area is 378 Å². The number of anilines is 7.